The molecule has 1 fully saturated rings. The predicted octanol–water partition coefficient (Wildman–Crippen LogP) is 5.75. The highest BCUT2D eigenvalue weighted by Gasteiger charge is 2.33. The first kappa shape index (κ1) is 27.1. The Bertz CT molecular complexity index is 1140. The molecule has 0 aliphatic carbocycles. The van der Waals surface area contributed by atoms with E-state index in [4.69, 9.17) is 4.74 Å². The fourth-order valence-electron chi connectivity index (χ4n) is 4.30. The Labute approximate surface area is 212 Å². The fourth-order valence-corrected chi connectivity index (χ4v) is 4.30. The van der Waals surface area contributed by atoms with E-state index in [1.165, 1.54) is 16.9 Å². The van der Waals surface area contributed by atoms with Crippen molar-refractivity contribution in [3.8, 4) is 11.1 Å². The van der Waals surface area contributed by atoms with Crippen LogP contribution in [0.5, 0.6) is 0 Å². The molecule has 1 aromatic heterocycles. The fraction of sp³-hybridized carbons (Fsp3) is 0.379. The third-order valence-corrected chi connectivity index (χ3v) is 6.25. The lowest BCUT2D eigenvalue weighted by molar-refractivity contribution is -0.912. The molecular weight excluding hydrogens is 459 g/mol. The average Bonchev–Trinajstić information content (AvgIpc) is 2.82. The number of cyclic esters (lactones) is 1. The number of pyridine rings is 1. The van der Waals surface area contributed by atoms with Crippen molar-refractivity contribution in [2.75, 3.05) is 6.54 Å². The maximum atomic E-state index is 12.5. The molecule has 2 unspecified atom stereocenters. The van der Waals surface area contributed by atoms with Crippen LogP contribution in [-0.4, -0.2) is 39.6 Å². The summed E-state index contributed by atoms with van der Waals surface area (Å²) in [4.78, 5) is 14.2. The third kappa shape index (κ3) is 7.28. The maximum absolute atomic E-state index is 12.5. The van der Waals surface area contributed by atoms with E-state index in [2.05, 4.69) is 0 Å². The van der Waals surface area contributed by atoms with Gasteiger partial charge < -0.3 is 14.7 Å². The second-order valence-corrected chi connectivity index (χ2v) is 9.94. The number of carbonyl (C=O) groups excluding carboxylic acids is 1. The number of rotatable bonds is 5. The third-order valence-electron chi connectivity index (χ3n) is 6.25. The molecule has 2 N–H and O–H groups in total. The molecule has 4 rings (SSSR count). The van der Waals surface area contributed by atoms with Crippen LogP contribution in [-0.2, 0) is 4.74 Å². The van der Waals surface area contributed by atoms with Crippen molar-refractivity contribution in [3.63, 3.8) is 0 Å². The van der Waals surface area contributed by atoms with Crippen molar-refractivity contribution in [2.24, 2.45) is 0 Å². The lowest BCUT2D eigenvalue weighted by atomic mass is 9.97. The van der Waals surface area contributed by atoms with Gasteiger partial charge in [0.05, 0.1) is 11.6 Å². The van der Waals surface area contributed by atoms with E-state index in [-0.39, 0.29) is 24.1 Å². The van der Waals surface area contributed by atoms with Gasteiger partial charge in [-0.1, -0.05) is 42.5 Å². The van der Waals surface area contributed by atoms with Crippen molar-refractivity contribution in [3.05, 3.63) is 89.5 Å². The summed E-state index contributed by atoms with van der Waals surface area (Å²) in [5.74, 6) is -0.178. The number of aryl methyl sites for hydroxylation is 2. The van der Waals surface area contributed by atoms with Crippen molar-refractivity contribution in [2.45, 2.75) is 65.2 Å². The van der Waals surface area contributed by atoms with Gasteiger partial charge in [-0.25, -0.2) is 9.18 Å². The highest BCUT2D eigenvalue weighted by atomic mass is 19.1. The smallest absolute Gasteiger partial charge is 0.410 e. The minimum absolute atomic E-state index is 0.0986. The van der Waals surface area contributed by atoms with Gasteiger partial charge in [-0.3, -0.25) is 5.21 Å². The number of aliphatic hydroxyl groups is 1. The molecule has 1 aliphatic rings. The first-order chi connectivity index (χ1) is 16.9. The molecule has 7 heteroatoms. The van der Waals surface area contributed by atoms with Crippen molar-refractivity contribution < 1.29 is 29.0 Å². The van der Waals surface area contributed by atoms with Gasteiger partial charge in [0.25, 0.3) is 0 Å². The van der Waals surface area contributed by atoms with Gasteiger partial charge in [0.2, 0.25) is 11.4 Å². The van der Waals surface area contributed by atoms with Crippen molar-refractivity contribution >= 4 is 6.09 Å². The van der Waals surface area contributed by atoms with Crippen LogP contribution in [0.15, 0.2) is 66.7 Å². The molecule has 2 heterocycles. The second kappa shape index (κ2) is 11.5. The molecule has 6 nitrogen and oxygen atoms in total. The quantitative estimate of drug-likeness (QED) is 0.349. The summed E-state index contributed by atoms with van der Waals surface area (Å²) in [5.41, 5.74) is 3.82. The summed E-state index contributed by atoms with van der Waals surface area (Å²) >= 11 is 0. The Kier molecular flexibility index (Phi) is 8.69. The summed E-state index contributed by atoms with van der Waals surface area (Å²) in [6.45, 7) is 9.79. The van der Waals surface area contributed by atoms with E-state index < -0.39 is 5.60 Å². The first-order valence-electron chi connectivity index (χ1n) is 12.2. The average molecular weight is 496 g/mol. The van der Waals surface area contributed by atoms with E-state index in [1.807, 2.05) is 57.2 Å². The maximum Gasteiger partial charge on any atom is 0.410 e. The molecule has 0 bridgehead atoms. The monoisotopic (exact) mass is 495 g/mol. The largest absolute Gasteiger partial charge is 0.446 e. The van der Waals surface area contributed by atoms with Crippen LogP contribution in [0.25, 0.3) is 11.1 Å². The number of carbonyl (C=O) groups is 1. The predicted molar refractivity (Wildman–Crippen MR) is 136 cm³/mol. The molecule has 0 spiro atoms. The van der Waals surface area contributed by atoms with Crippen LogP contribution < -0.4 is 4.73 Å². The van der Waals surface area contributed by atoms with Crippen LogP contribution >= 0.6 is 0 Å². The topological polar surface area (TPSA) is 73.9 Å². The number of hydrogen-bond acceptors (Lipinski definition) is 4. The van der Waals surface area contributed by atoms with Crippen LogP contribution in [0.2, 0.25) is 0 Å². The van der Waals surface area contributed by atoms with Gasteiger partial charge in [0.1, 0.15) is 11.9 Å². The number of halogens is 1. The van der Waals surface area contributed by atoms with E-state index in [9.17, 15) is 19.5 Å². The number of amides is 1. The number of nitrogens with zero attached hydrogens (tertiary/aromatic N) is 2. The van der Waals surface area contributed by atoms with Crippen LogP contribution in [0.3, 0.4) is 0 Å². The molecule has 0 saturated carbocycles. The van der Waals surface area contributed by atoms with E-state index in [1.54, 1.807) is 36.9 Å². The van der Waals surface area contributed by atoms with Gasteiger partial charge >= 0.3 is 6.09 Å². The zero-order valence-electron chi connectivity index (χ0n) is 21.6. The Morgan fingerprint density at radius 1 is 1.06 bits per heavy atom. The van der Waals surface area contributed by atoms with Crippen LogP contribution in [0, 0.1) is 19.7 Å². The van der Waals surface area contributed by atoms with Gasteiger partial charge in [-0.05, 0) is 49.6 Å². The van der Waals surface area contributed by atoms with Crippen LogP contribution in [0.1, 0.15) is 56.6 Å². The number of hydrogen-bond donors (Lipinski definition) is 2. The normalized spacial score (nSPS) is 16.6. The molecule has 2 aromatic carbocycles. The minimum Gasteiger partial charge on any atom is -0.446 e. The standard InChI is InChI=1S/C23H31N2O4.C6H5F/c1-15-12-20(13-16(2)25(15)28)19-8-6-18(7-9-19)17(3)24-11-10-21(29-22(24)26)14-23(4,5)27;7-6-4-2-1-3-5-6/h6-9,12-13,17,21,27-28H,10-11,14H2,1-5H3;1-5H/q+1;. The van der Waals surface area contributed by atoms with Crippen molar-refractivity contribution in [1.29, 1.82) is 0 Å². The molecule has 36 heavy (non-hydrogen) atoms. The summed E-state index contributed by atoms with van der Waals surface area (Å²) < 4.78 is 18.6. The van der Waals surface area contributed by atoms with E-state index in [0.29, 0.717) is 19.4 Å². The first-order valence-corrected chi connectivity index (χ1v) is 12.2. The van der Waals surface area contributed by atoms with E-state index in [0.717, 1.165) is 28.1 Å². The molecule has 2 atom stereocenters. The molecule has 1 amide bonds. The Morgan fingerprint density at radius 2 is 1.64 bits per heavy atom. The number of ether oxygens (including phenoxy) is 1. The molecule has 1 saturated heterocycles. The number of aromatic nitrogens is 1. The van der Waals surface area contributed by atoms with Crippen molar-refractivity contribution in [1.82, 2.24) is 4.90 Å². The summed E-state index contributed by atoms with van der Waals surface area (Å²) in [6.07, 6.45) is 0.581. The Morgan fingerprint density at radius 3 is 2.11 bits per heavy atom. The zero-order chi connectivity index (χ0) is 26.5. The van der Waals surface area contributed by atoms with E-state index >= 15 is 0 Å². The summed E-state index contributed by atoms with van der Waals surface area (Å²) in [5, 5.41) is 19.9. The van der Waals surface area contributed by atoms with Gasteiger partial charge in [0, 0.05) is 50.1 Å². The lowest BCUT2D eigenvalue weighted by Gasteiger charge is -2.37. The molecule has 1 aliphatic heterocycles. The molecule has 3 aromatic rings. The minimum atomic E-state index is -0.849. The summed E-state index contributed by atoms with van der Waals surface area (Å²) in [6, 6.07) is 19.8. The number of benzene rings is 2. The van der Waals surface area contributed by atoms with Gasteiger partial charge in [0.15, 0.2) is 0 Å². The zero-order valence-corrected chi connectivity index (χ0v) is 21.6. The highest BCUT2D eigenvalue weighted by molar-refractivity contribution is 5.69. The molecule has 0 radical (unpaired) electrons. The lowest BCUT2D eigenvalue weighted by Crippen LogP contribution is -2.45. The SMILES string of the molecule is Cc1cc(-c2ccc(C(C)N3CCC(CC(C)(C)O)OC3=O)cc2)cc(C)[n+]1O.Fc1ccccc1. The highest BCUT2D eigenvalue weighted by Crippen LogP contribution is 2.29. The Balaban J connectivity index is 0.000000444. The summed E-state index contributed by atoms with van der Waals surface area (Å²) in [7, 11) is 0. The Hall–Kier alpha value is -3.45. The van der Waals surface area contributed by atoms with Gasteiger partial charge in [-0.2, -0.15) is 0 Å². The second-order valence-electron chi connectivity index (χ2n) is 9.94. The van der Waals surface area contributed by atoms with Gasteiger partial charge in [-0.15, -0.1) is 0 Å². The molecular formula is C29H36FN2O4+. The molecule has 192 valence electrons. The van der Waals surface area contributed by atoms with Crippen LogP contribution in [0.4, 0.5) is 9.18 Å².